The molecule has 1 fully saturated rings. The monoisotopic (exact) mass is 227 g/mol. The van der Waals surface area contributed by atoms with Crippen molar-refractivity contribution < 1.29 is 14.3 Å². The Kier molecular flexibility index (Phi) is 4.77. The first-order valence-electron chi connectivity index (χ1n) is 5.99. The molecule has 4 nitrogen and oxygen atoms in total. The lowest BCUT2D eigenvalue weighted by molar-refractivity contribution is -0.146. The van der Waals surface area contributed by atoms with Gasteiger partial charge in [-0.25, -0.2) is 0 Å². The molecule has 92 valence electrons. The van der Waals surface area contributed by atoms with Gasteiger partial charge in [-0.3, -0.25) is 9.59 Å². The van der Waals surface area contributed by atoms with Gasteiger partial charge in [-0.2, -0.15) is 0 Å². The van der Waals surface area contributed by atoms with Crippen LogP contribution in [-0.4, -0.2) is 36.5 Å². The van der Waals surface area contributed by atoms with Gasteiger partial charge in [0.25, 0.3) is 0 Å². The van der Waals surface area contributed by atoms with Crippen LogP contribution in [-0.2, 0) is 14.3 Å². The summed E-state index contributed by atoms with van der Waals surface area (Å²) in [6.45, 7) is 4.83. The average Bonchev–Trinajstić information content (AvgIpc) is 2.56. The zero-order valence-corrected chi connectivity index (χ0v) is 10.4. The summed E-state index contributed by atoms with van der Waals surface area (Å²) in [5, 5.41) is 0. The van der Waals surface area contributed by atoms with Crippen molar-refractivity contribution in [1.29, 1.82) is 0 Å². The van der Waals surface area contributed by atoms with Gasteiger partial charge in [0, 0.05) is 19.0 Å². The summed E-state index contributed by atoms with van der Waals surface area (Å²) in [6, 6.07) is -0.0168. The second-order valence-corrected chi connectivity index (χ2v) is 4.37. The van der Waals surface area contributed by atoms with E-state index in [2.05, 4.69) is 6.92 Å². The Hall–Kier alpha value is -1.06. The predicted octanol–water partition coefficient (Wildman–Crippen LogP) is 1.59. The van der Waals surface area contributed by atoms with E-state index in [1.165, 1.54) is 7.11 Å². The summed E-state index contributed by atoms with van der Waals surface area (Å²) in [7, 11) is 1.37. The molecule has 0 N–H and O–H groups in total. The van der Waals surface area contributed by atoms with Crippen LogP contribution in [0.15, 0.2) is 0 Å². The molecule has 1 saturated heterocycles. The van der Waals surface area contributed by atoms with Gasteiger partial charge in [0.15, 0.2) is 0 Å². The van der Waals surface area contributed by atoms with Crippen LogP contribution in [0.2, 0.25) is 0 Å². The molecule has 1 amide bonds. The Morgan fingerprint density at radius 2 is 2.19 bits per heavy atom. The molecular formula is C12H21NO3. The Balaban J connectivity index is 2.53. The van der Waals surface area contributed by atoms with Crippen LogP contribution in [0.1, 0.15) is 39.5 Å². The van der Waals surface area contributed by atoms with Crippen LogP contribution >= 0.6 is 0 Å². The number of hydrogen-bond donors (Lipinski definition) is 0. The lowest BCUT2D eigenvalue weighted by Crippen LogP contribution is -2.35. The third-order valence-corrected chi connectivity index (χ3v) is 3.30. The maximum atomic E-state index is 11.7. The minimum absolute atomic E-state index is 0.0168. The van der Waals surface area contributed by atoms with Crippen molar-refractivity contribution in [2.24, 2.45) is 5.92 Å². The number of methoxy groups -OCH3 is 1. The number of hydrogen-bond acceptors (Lipinski definition) is 3. The largest absolute Gasteiger partial charge is 0.469 e. The van der Waals surface area contributed by atoms with E-state index in [0.717, 1.165) is 25.8 Å². The maximum Gasteiger partial charge on any atom is 0.311 e. The highest BCUT2D eigenvalue weighted by Crippen LogP contribution is 2.26. The number of esters is 1. The highest BCUT2D eigenvalue weighted by molar-refractivity contribution is 5.87. The fraction of sp³-hybridized carbons (Fsp3) is 0.833. The first-order chi connectivity index (χ1) is 7.61. The van der Waals surface area contributed by atoms with Gasteiger partial charge in [0.2, 0.25) is 5.91 Å². The third-order valence-electron chi connectivity index (χ3n) is 3.30. The molecule has 0 aromatic heterocycles. The standard InChI is InChI=1S/C12H21NO3/c1-4-5-6-7-13-9(2)10(8-11(13)14)12(15)16-3/h9-10H,4-8H2,1-3H3. The lowest BCUT2D eigenvalue weighted by atomic mass is 10.0. The van der Waals surface area contributed by atoms with Gasteiger partial charge >= 0.3 is 5.97 Å². The number of ether oxygens (including phenoxy) is 1. The molecule has 2 atom stereocenters. The molecule has 1 rings (SSSR count). The van der Waals surface area contributed by atoms with Crippen LogP contribution in [0.5, 0.6) is 0 Å². The number of carbonyl (C=O) groups is 2. The minimum atomic E-state index is -0.279. The van der Waals surface area contributed by atoms with Crippen LogP contribution in [0.4, 0.5) is 0 Å². The van der Waals surface area contributed by atoms with Crippen molar-refractivity contribution >= 4 is 11.9 Å². The number of carbonyl (C=O) groups excluding carboxylic acids is 2. The molecule has 16 heavy (non-hydrogen) atoms. The normalized spacial score (nSPS) is 24.9. The van der Waals surface area contributed by atoms with Crippen molar-refractivity contribution in [1.82, 2.24) is 4.90 Å². The minimum Gasteiger partial charge on any atom is -0.469 e. The van der Waals surface area contributed by atoms with Gasteiger partial charge in [-0.1, -0.05) is 19.8 Å². The average molecular weight is 227 g/mol. The predicted molar refractivity (Wildman–Crippen MR) is 60.8 cm³/mol. The quantitative estimate of drug-likeness (QED) is 0.529. The molecule has 1 heterocycles. The molecule has 1 aliphatic heterocycles. The second kappa shape index (κ2) is 5.87. The van der Waals surface area contributed by atoms with E-state index < -0.39 is 0 Å². The number of unbranched alkanes of at least 4 members (excludes halogenated alkanes) is 2. The van der Waals surface area contributed by atoms with Crippen LogP contribution < -0.4 is 0 Å². The zero-order valence-electron chi connectivity index (χ0n) is 10.4. The summed E-state index contributed by atoms with van der Waals surface area (Å²) in [5.41, 5.74) is 0. The molecule has 0 bridgehead atoms. The van der Waals surface area contributed by atoms with Crippen LogP contribution in [0.3, 0.4) is 0 Å². The van der Waals surface area contributed by atoms with Crippen molar-refractivity contribution in [2.75, 3.05) is 13.7 Å². The van der Waals surface area contributed by atoms with E-state index in [-0.39, 0.29) is 23.8 Å². The Bertz CT molecular complexity index is 265. The number of amides is 1. The maximum absolute atomic E-state index is 11.7. The SMILES string of the molecule is CCCCCN1C(=O)CC(C(=O)OC)C1C. The highest BCUT2D eigenvalue weighted by Gasteiger charge is 2.41. The van der Waals surface area contributed by atoms with E-state index in [1.807, 2.05) is 11.8 Å². The van der Waals surface area contributed by atoms with Crippen molar-refractivity contribution in [2.45, 2.75) is 45.6 Å². The van der Waals surface area contributed by atoms with E-state index >= 15 is 0 Å². The smallest absolute Gasteiger partial charge is 0.311 e. The molecule has 0 aromatic rings. The first-order valence-corrected chi connectivity index (χ1v) is 5.99. The van der Waals surface area contributed by atoms with Crippen molar-refractivity contribution in [3.63, 3.8) is 0 Å². The van der Waals surface area contributed by atoms with Gasteiger partial charge in [0.1, 0.15) is 0 Å². The molecule has 0 saturated carbocycles. The Labute approximate surface area is 96.9 Å². The summed E-state index contributed by atoms with van der Waals surface area (Å²) in [6.07, 6.45) is 3.58. The number of nitrogens with zero attached hydrogens (tertiary/aromatic N) is 1. The molecule has 2 unspecified atom stereocenters. The topological polar surface area (TPSA) is 46.6 Å². The van der Waals surface area contributed by atoms with E-state index in [9.17, 15) is 9.59 Å². The summed E-state index contributed by atoms with van der Waals surface area (Å²) in [4.78, 5) is 25.0. The second-order valence-electron chi connectivity index (χ2n) is 4.37. The number of rotatable bonds is 5. The van der Waals surface area contributed by atoms with E-state index in [4.69, 9.17) is 4.74 Å². The third kappa shape index (κ3) is 2.74. The van der Waals surface area contributed by atoms with Crippen LogP contribution in [0.25, 0.3) is 0 Å². The van der Waals surface area contributed by atoms with Crippen molar-refractivity contribution in [3.8, 4) is 0 Å². The zero-order chi connectivity index (χ0) is 12.1. The van der Waals surface area contributed by atoms with Gasteiger partial charge in [0.05, 0.1) is 13.0 Å². The number of likely N-dealkylation sites (tertiary alicyclic amines) is 1. The van der Waals surface area contributed by atoms with Gasteiger partial charge in [-0.15, -0.1) is 0 Å². The van der Waals surface area contributed by atoms with Crippen molar-refractivity contribution in [3.05, 3.63) is 0 Å². The lowest BCUT2D eigenvalue weighted by Gasteiger charge is -2.23. The fourth-order valence-electron chi connectivity index (χ4n) is 2.21. The molecular weight excluding hydrogens is 206 g/mol. The summed E-state index contributed by atoms with van der Waals surface area (Å²) >= 11 is 0. The van der Waals surface area contributed by atoms with E-state index in [1.54, 1.807) is 0 Å². The fourth-order valence-corrected chi connectivity index (χ4v) is 2.21. The molecule has 0 aromatic carbocycles. The highest BCUT2D eigenvalue weighted by atomic mass is 16.5. The molecule has 1 aliphatic rings. The molecule has 0 radical (unpaired) electrons. The summed E-state index contributed by atoms with van der Waals surface area (Å²) in [5.74, 6) is -0.461. The van der Waals surface area contributed by atoms with Gasteiger partial charge in [-0.05, 0) is 13.3 Å². The Morgan fingerprint density at radius 3 is 2.75 bits per heavy atom. The molecule has 0 aliphatic carbocycles. The Morgan fingerprint density at radius 1 is 1.50 bits per heavy atom. The first kappa shape index (κ1) is 13.0. The summed E-state index contributed by atoms with van der Waals surface area (Å²) < 4.78 is 4.71. The van der Waals surface area contributed by atoms with E-state index in [0.29, 0.717) is 6.42 Å². The van der Waals surface area contributed by atoms with Crippen LogP contribution in [0, 0.1) is 5.92 Å². The molecule has 4 heteroatoms. The van der Waals surface area contributed by atoms with Gasteiger partial charge < -0.3 is 9.64 Å². The molecule has 0 spiro atoms.